The Morgan fingerprint density at radius 1 is 0.938 bits per heavy atom. The van der Waals surface area contributed by atoms with E-state index in [-0.39, 0.29) is 18.3 Å². The van der Waals surface area contributed by atoms with E-state index >= 15 is 0 Å². The highest BCUT2D eigenvalue weighted by Crippen LogP contribution is 2.12. The van der Waals surface area contributed by atoms with Gasteiger partial charge in [-0.05, 0) is 43.6 Å². The van der Waals surface area contributed by atoms with E-state index in [0.717, 1.165) is 0 Å². The van der Waals surface area contributed by atoms with Crippen molar-refractivity contribution in [2.24, 2.45) is 17.6 Å². The van der Waals surface area contributed by atoms with Crippen LogP contribution in [-0.2, 0) is 19.2 Å². The molecule has 0 saturated carbocycles. The predicted molar refractivity (Wildman–Crippen MR) is 125 cm³/mol. The van der Waals surface area contributed by atoms with Crippen molar-refractivity contribution >= 4 is 35.5 Å². The first-order chi connectivity index (χ1) is 14.8. The van der Waals surface area contributed by atoms with Crippen LogP contribution in [0.3, 0.4) is 0 Å². The summed E-state index contributed by atoms with van der Waals surface area (Å²) in [4.78, 5) is 49.7. The molecule has 0 aromatic heterocycles. The van der Waals surface area contributed by atoms with Gasteiger partial charge < -0.3 is 31.9 Å². The summed E-state index contributed by atoms with van der Waals surface area (Å²) in [5.41, 5.74) is 5.67. The Hall–Kier alpha value is -1.85. The van der Waals surface area contributed by atoms with Gasteiger partial charge in [0.05, 0.1) is 6.10 Å². The summed E-state index contributed by atoms with van der Waals surface area (Å²) in [7, 11) is 0. The van der Waals surface area contributed by atoms with Crippen molar-refractivity contribution in [3.63, 3.8) is 0 Å². The van der Waals surface area contributed by atoms with Gasteiger partial charge in [0.2, 0.25) is 17.7 Å². The number of carbonyl (C=O) groups is 4. The molecule has 0 bridgehead atoms. The second-order valence-electron chi connectivity index (χ2n) is 8.51. The smallest absolute Gasteiger partial charge is 0.326 e. The zero-order valence-electron chi connectivity index (χ0n) is 19.9. The van der Waals surface area contributed by atoms with E-state index in [1.165, 1.54) is 18.7 Å². The lowest BCUT2D eigenvalue weighted by Gasteiger charge is -2.28. The molecule has 0 fully saturated rings. The average Bonchev–Trinajstić information content (AvgIpc) is 2.71. The monoisotopic (exact) mass is 476 g/mol. The van der Waals surface area contributed by atoms with Crippen LogP contribution in [0.1, 0.15) is 53.9 Å². The van der Waals surface area contributed by atoms with E-state index < -0.39 is 54.0 Å². The molecular formula is C21H40N4O6S. The van der Waals surface area contributed by atoms with E-state index in [0.29, 0.717) is 18.6 Å². The van der Waals surface area contributed by atoms with Gasteiger partial charge in [0.1, 0.15) is 24.2 Å². The van der Waals surface area contributed by atoms with Crippen molar-refractivity contribution in [3.05, 3.63) is 0 Å². The number of nitrogens with two attached hydrogens (primary N) is 1. The van der Waals surface area contributed by atoms with Crippen LogP contribution < -0.4 is 21.7 Å². The van der Waals surface area contributed by atoms with Crippen LogP contribution in [-0.4, -0.2) is 76.2 Å². The van der Waals surface area contributed by atoms with Crippen LogP contribution in [0.25, 0.3) is 0 Å². The van der Waals surface area contributed by atoms with Crippen LogP contribution >= 0.6 is 11.8 Å². The van der Waals surface area contributed by atoms with Crippen LogP contribution in [0.5, 0.6) is 0 Å². The van der Waals surface area contributed by atoms with E-state index in [9.17, 15) is 29.4 Å². The van der Waals surface area contributed by atoms with Gasteiger partial charge in [0, 0.05) is 0 Å². The lowest BCUT2D eigenvalue weighted by atomic mass is 9.96. The molecule has 6 atom stereocenters. The third kappa shape index (κ3) is 10.6. The number of amides is 3. The minimum absolute atomic E-state index is 0.0487. The highest BCUT2D eigenvalue weighted by Gasteiger charge is 2.33. The third-order valence-corrected chi connectivity index (χ3v) is 5.82. The number of rotatable bonds is 15. The van der Waals surface area contributed by atoms with Crippen molar-refractivity contribution < 1.29 is 29.4 Å². The fourth-order valence-electron chi connectivity index (χ4n) is 2.90. The molecule has 0 aliphatic rings. The minimum atomic E-state index is -1.20. The Morgan fingerprint density at radius 2 is 1.50 bits per heavy atom. The van der Waals surface area contributed by atoms with Crippen LogP contribution in [0.2, 0.25) is 0 Å². The van der Waals surface area contributed by atoms with Gasteiger partial charge >= 0.3 is 5.97 Å². The van der Waals surface area contributed by atoms with Gasteiger partial charge in [-0.2, -0.15) is 11.8 Å². The van der Waals surface area contributed by atoms with Crippen LogP contribution in [0.4, 0.5) is 0 Å². The first-order valence-corrected chi connectivity index (χ1v) is 12.3. The molecule has 3 amide bonds. The number of carbonyl (C=O) groups excluding carboxylic acids is 3. The molecule has 0 radical (unpaired) electrons. The Balaban J connectivity index is 5.52. The number of hydrogen-bond acceptors (Lipinski definition) is 7. The first kappa shape index (κ1) is 30.1. The fourth-order valence-corrected chi connectivity index (χ4v) is 3.37. The Kier molecular flexibility index (Phi) is 14.2. The molecule has 11 heteroatoms. The Bertz CT molecular complexity index is 631. The molecule has 6 unspecified atom stereocenters. The molecule has 0 rings (SSSR count). The number of carboxylic acid groups (broad SMARTS) is 1. The number of thioether (sulfide) groups is 1. The minimum Gasteiger partial charge on any atom is -0.480 e. The maximum atomic E-state index is 13.0. The second-order valence-corrected chi connectivity index (χ2v) is 9.50. The Labute approximate surface area is 194 Å². The summed E-state index contributed by atoms with van der Waals surface area (Å²) in [6, 6.07) is -4.19. The maximum Gasteiger partial charge on any atom is 0.326 e. The summed E-state index contributed by atoms with van der Waals surface area (Å²) in [6.07, 6.45) is 1.87. The third-order valence-electron chi connectivity index (χ3n) is 5.18. The van der Waals surface area contributed by atoms with Gasteiger partial charge in [-0.25, -0.2) is 4.79 Å². The number of aliphatic hydroxyl groups is 1. The number of aliphatic carboxylic acids is 1. The summed E-state index contributed by atoms with van der Waals surface area (Å²) in [5.74, 6) is -2.63. The van der Waals surface area contributed by atoms with E-state index in [1.54, 1.807) is 6.92 Å². The van der Waals surface area contributed by atoms with E-state index in [1.807, 2.05) is 27.0 Å². The lowest BCUT2D eigenvalue weighted by Crippen LogP contribution is -2.59. The quantitative estimate of drug-likeness (QED) is 0.193. The molecule has 0 saturated heterocycles. The number of carboxylic acids is 1. The summed E-state index contributed by atoms with van der Waals surface area (Å²) >= 11 is 1.47. The zero-order valence-corrected chi connectivity index (χ0v) is 20.7. The number of nitrogens with one attached hydrogen (secondary N) is 3. The molecule has 10 nitrogen and oxygen atoms in total. The predicted octanol–water partition coefficient (Wildman–Crippen LogP) is 0.0788. The number of aliphatic hydroxyl groups excluding tert-OH is 1. The van der Waals surface area contributed by atoms with Crippen molar-refractivity contribution in [2.75, 3.05) is 12.0 Å². The van der Waals surface area contributed by atoms with Crippen LogP contribution in [0, 0.1) is 11.8 Å². The lowest BCUT2D eigenvalue weighted by molar-refractivity contribution is -0.142. The van der Waals surface area contributed by atoms with Crippen molar-refractivity contribution in [1.82, 2.24) is 16.0 Å². The number of hydrogen-bond donors (Lipinski definition) is 6. The average molecular weight is 477 g/mol. The molecule has 7 N–H and O–H groups in total. The molecule has 0 heterocycles. The van der Waals surface area contributed by atoms with Crippen molar-refractivity contribution in [2.45, 2.75) is 84.2 Å². The molecule has 0 aromatic carbocycles. The molecule has 0 aromatic rings. The summed E-state index contributed by atoms with van der Waals surface area (Å²) < 4.78 is 0. The standard InChI is InChI=1S/C21H40N4O6S/c1-7-12(4)17(20(29)23-14(21(30)31)8-9-32-6)25-18(27)15(10-11(2)3)24-19(28)16(22)13(5)26/h11-17,26H,7-10,22H2,1-6H3,(H,23,29)(H,24,28)(H,25,27)(H,30,31). The summed E-state index contributed by atoms with van der Waals surface area (Å²) in [5, 5.41) is 26.7. The Morgan fingerprint density at radius 3 is 1.94 bits per heavy atom. The normalized spacial score (nSPS) is 16.9. The molecule has 0 aliphatic carbocycles. The molecule has 0 aliphatic heterocycles. The van der Waals surface area contributed by atoms with Crippen molar-refractivity contribution in [3.8, 4) is 0 Å². The van der Waals surface area contributed by atoms with Gasteiger partial charge in [-0.15, -0.1) is 0 Å². The SMILES string of the molecule is CCC(C)C(NC(=O)C(CC(C)C)NC(=O)C(N)C(C)O)C(=O)NC(CCSC)C(=O)O. The molecule has 0 spiro atoms. The molecular weight excluding hydrogens is 436 g/mol. The van der Waals surface area contributed by atoms with Gasteiger partial charge in [0.25, 0.3) is 0 Å². The first-order valence-electron chi connectivity index (χ1n) is 10.9. The van der Waals surface area contributed by atoms with E-state index in [4.69, 9.17) is 5.73 Å². The van der Waals surface area contributed by atoms with Gasteiger partial charge in [-0.3, -0.25) is 14.4 Å². The largest absolute Gasteiger partial charge is 0.480 e. The van der Waals surface area contributed by atoms with Crippen LogP contribution in [0.15, 0.2) is 0 Å². The highest BCUT2D eigenvalue weighted by atomic mass is 32.2. The molecule has 32 heavy (non-hydrogen) atoms. The second kappa shape index (κ2) is 15.1. The van der Waals surface area contributed by atoms with Gasteiger partial charge in [-0.1, -0.05) is 34.1 Å². The molecule has 186 valence electrons. The highest BCUT2D eigenvalue weighted by molar-refractivity contribution is 7.98. The zero-order chi connectivity index (χ0) is 25.0. The van der Waals surface area contributed by atoms with Crippen molar-refractivity contribution in [1.29, 1.82) is 0 Å². The maximum absolute atomic E-state index is 13.0. The topological polar surface area (TPSA) is 171 Å². The van der Waals surface area contributed by atoms with Gasteiger partial charge in [0.15, 0.2) is 0 Å². The fraction of sp³-hybridized carbons (Fsp3) is 0.810. The summed E-state index contributed by atoms with van der Waals surface area (Å²) in [6.45, 7) is 8.77. The van der Waals surface area contributed by atoms with E-state index in [2.05, 4.69) is 16.0 Å².